The molecule has 1 aromatic carbocycles. The molecular formula is C10H13N3O3S. The van der Waals surface area contributed by atoms with Gasteiger partial charge in [-0.15, -0.1) is 11.8 Å². The number of carbonyl (C=O) groups excluding carboxylic acids is 1. The number of nitro benzene ring substituents is 1. The molecule has 7 heteroatoms. The quantitative estimate of drug-likeness (QED) is 0.445. The minimum atomic E-state index is -0.703. The van der Waals surface area contributed by atoms with Gasteiger partial charge in [-0.1, -0.05) is 12.1 Å². The van der Waals surface area contributed by atoms with E-state index in [2.05, 4.69) is 0 Å². The molecule has 6 nitrogen and oxygen atoms in total. The van der Waals surface area contributed by atoms with Crippen LogP contribution in [-0.4, -0.2) is 22.6 Å². The van der Waals surface area contributed by atoms with Crippen molar-refractivity contribution in [1.29, 1.82) is 0 Å². The van der Waals surface area contributed by atoms with Crippen molar-refractivity contribution in [3.05, 3.63) is 34.4 Å². The van der Waals surface area contributed by atoms with Crippen LogP contribution in [0.25, 0.3) is 0 Å². The van der Waals surface area contributed by atoms with Crippen LogP contribution < -0.4 is 11.5 Å². The Bertz CT molecular complexity index is 425. The normalized spacial score (nSPS) is 12.1. The smallest absolute Gasteiger partial charge is 0.282 e. The van der Waals surface area contributed by atoms with Gasteiger partial charge in [0.2, 0.25) is 5.91 Å². The Balaban J connectivity index is 2.58. The molecule has 92 valence electrons. The van der Waals surface area contributed by atoms with Gasteiger partial charge in [0.15, 0.2) is 0 Å². The Kier molecular flexibility index (Phi) is 4.92. The van der Waals surface area contributed by atoms with Gasteiger partial charge in [0.05, 0.1) is 15.9 Å². The van der Waals surface area contributed by atoms with E-state index < -0.39 is 16.9 Å². The maximum absolute atomic E-state index is 10.7. The number of nitrogens with two attached hydrogens (primary N) is 2. The zero-order valence-electron chi connectivity index (χ0n) is 9.04. The Labute approximate surface area is 103 Å². The van der Waals surface area contributed by atoms with Crippen molar-refractivity contribution in [2.75, 3.05) is 5.75 Å². The third-order valence-electron chi connectivity index (χ3n) is 2.11. The second kappa shape index (κ2) is 6.21. The van der Waals surface area contributed by atoms with Crippen LogP contribution in [0.1, 0.15) is 6.42 Å². The van der Waals surface area contributed by atoms with E-state index in [1.54, 1.807) is 18.2 Å². The number of hydrogen-bond donors (Lipinski definition) is 2. The van der Waals surface area contributed by atoms with Gasteiger partial charge in [-0.3, -0.25) is 14.9 Å². The highest BCUT2D eigenvalue weighted by Crippen LogP contribution is 2.28. The average Bonchev–Trinajstić information content (AvgIpc) is 2.29. The molecule has 17 heavy (non-hydrogen) atoms. The van der Waals surface area contributed by atoms with E-state index in [4.69, 9.17) is 11.5 Å². The van der Waals surface area contributed by atoms with E-state index in [0.29, 0.717) is 17.1 Å². The number of nitro groups is 1. The molecule has 0 aromatic heterocycles. The lowest BCUT2D eigenvalue weighted by atomic mass is 10.2. The van der Waals surface area contributed by atoms with Crippen molar-refractivity contribution in [2.45, 2.75) is 17.4 Å². The summed E-state index contributed by atoms with van der Waals surface area (Å²) in [6, 6.07) is 5.74. The standard InChI is InChI=1S/C10H13N3O3S/c11-7(10(12)14)5-6-17-9-4-2-1-3-8(9)13(15)16/h1-4,7H,5-6,11H2,(H2,12,14). The monoisotopic (exact) mass is 255 g/mol. The summed E-state index contributed by atoms with van der Waals surface area (Å²) in [5.74, 6) is -0.0530. The summed E-state index contributed by atoms with van der Waals surface area (Å²) >= 11 is 1.29. The van der Waals surface area contributed by atoms with Crippen LogP contribution in [-0.2, 0) is 4.79 Å². The second-order valence-electron chi connectivity index (χ2n) is 3.37. The van der Waals surface area contributed by atoms with Crippen LogP contribution >= 0.6 is 11.8 Å². The van der Waals surface area contributed by atoms with Crippen molar-refractivity contribution >= 4 is 23.4 Å². The number of rotatable bonds is 6. The van der Waals surface area contributed by atoms with Gasteiger partial charge in [0, 0.05) is 11.8 Å². The van der Waals surface area contributed by atoms with Gasteiger partial charge in [0.1, 0.15) is 0 Å². The van der Waals surface area contributed by atoms with Crippen molar-refractivity contribution in [3.63, 3.8) is 0 Å². The molecule has 0 saturated heterocycles. The van der Waals surface area contributed by atoms with Crippen molar-refractivity contribution in [2.24, 2.45) is 11.5 Å². The first kappa shape index (κ1) is 13.5. The van der Waals surface area contributed by atoms with E-state index in [0.717, 1.165) is 0 Å². The zero-order valence-corrected chi connectivity index (χ0v) is 9.85. The van der Waals surface area contributed by atoms with Gasteiger partial charge >= 0.3 is 0 Å². The molecule has 0 aliphatic rings. The highest BCUT2D eigenvalue weighted by molar-refractivity contribution is 7.99. The molecule has 1 atom stereocenters. The molecule has 1 aromatic rings. The first-order chi connectivity index (χ1) is 8.02. The fraction of sp³-hybridized carbons (Fsp3) is 0.300. The van der Waals surface area contributed by atoms with Crippen molar-refractivity contribution in [3.8, 4) is 0 Å². The molecule has 0 heterocycles. The number of thioether (sulfide) groups is 1. The third kappa shape index (κ3) is 4.04. The molecule has 0 spiro atoms. The van der Waals surface area contributed by atoms with Gasteiger partial charge in [-0.2, -0.15) is 0 Å². The largest absolute Gasteiger partial charge is 0.368 e. The highest BCUT2D eigenvalue weighted by atomic mass is 32.2. The van der Waals surface area contributed by atoms with Crippen LogP contribution in [0, 0.1) is 10.1 Å². The van der Waals surface area contributed by atoms with E-state index in [9.17, 15) is 14.9 Å². The zero-order chi connectivity index (χ0) is 12.8. The maximum Gasteiger partial charge on any atom is 0.282 e. The Morgan fingerprint density at radius 2 is 2.12 bits per heavy atom. The SMILES string of the molecule is NC(=O)C(N)CCSc1ccccc1[N+](=O)[O-]. The number of amides is 1. The van der Waals surface area contributed by atoms with Crippen LogP contribution in [0.2, 0.25) is 0 Å². The summed E-state index contributed by atoms with van der Waals surface area (Å²) in [7, 11) is 0. The third-order valence-corrected chi connectivity index (χ3v) is 3.21. The van der Waals surface area contributed by atoms with Gasteiger partial charge in [-0.25, -0.2) is 0 Å². The summed E-state index contributed by atoms with van der Waals surface area (Å²) < 4.78 is 0. The fourth-order valence-electron chi connectivity index (χ4n) is 1.17. The second-order valence-corrected chi connectivity index (χ2v) is 4.51. The fourth-order valence-corrected chi connectivity index (χ4v) is 2.23. The Morgan fingerprint density at radius 3 is 2.71 bits per heavy atom. The molecule has 0 aliphatic carbocycles. The minimum absolute atomic E-state index is 0.0603. The van der Waals surface area contributed by atoms with E-state index >= 15 is 0 Å². The summed E-state index contributed by atoms with van der Waals surface area (Å²) in [6.45, 7) is 0. The lowest BCUT2D eigenvalue weighted by molar-refractivity contribution is -0.387. The van der Waals surface area contributed by atoms with Gasteiger partial charge in [0.25, 0.3) is 5.69 Å². The molecule has 0 aliphatic heterocycles. The number of carbonyl (C=O) groups is 1. The first-order valence-electron chi connectivity index (χ1n) is 4.93. The van der Waals surface area contributed by atoms with E-state index in [-0.39, 0.29) is 5.69 Å². The number of primary amides is 1. The van der Waals surface area contributed by atoms with Crippen LogP contribution in [0.4, 0.5) is 5.69 Å². The summed E-state index contributed by atoms with van der Waals surface area (Å²) in [6.07, 6.45) is 0.395. The van der Waals surface area contributed by atoms with Gasteiger partial charge in [-0.05, 0) is 12.5 Å². The number of benzene rings is 1. The lowest BCUT2D eigenvalue weighted by Crippen LogP contribution is -2.36. The predicted octanol–water partition coefficient (Wildman–Crippen LogP) is 0.890. The average molecular weight is 255 g/mol. The molecule has 1 rings (SSSR count). The molecule has 0 bridgehead atoms. The highest BCUT2D eigenvalue weighted by Gasteiger charge is 2.14. The topological polar surface area (TPSA) is 112 Å². The summed E-state index contributed by atoms with van der Waals surface area (Å²) in [5, 5.41) is 10.7. The van der Waals surface area contributed by atoms with Crippen molar-refractivity contribution in [1.82, 2.24) is 0 Å². The molecule has 1 unspecified atom stereocenters. The van der Waals surface area contributed by atoms with Gasteiger partial charge < -0.3 is 11.5 Å². The predicted molar refractivity (Wildman–Crippen MR) is 65.6 cm³/mol. The van der Waals surface area contributed by atoms with Crippen LogP contribution in [0.5, 0.6) is 0 Å². The number of nitrogens with zero attached hydrogens (tertiary/aromatic N) is 1. The Hall–Kier alpha value is -1.60. The maximum atomic E-state index is 10.7. The summed E-state index contributed by atoms with van der Waals surface area (Å²) in [4.78, 5) is 21.5. The van der Waals surface area contributed by atoms with E-state index in [1.807, 2.05) is 0 Å². The van der Waals surface area contributed by atoms with Crippen LogP contribution in [0.3, 0.4) is 0 Å². The molecule has 4 N–H and O–H groups in total. The molecular weight excluding hydrogens is 242 g/mol. The molecule has 0 radical (unpaired) electrons. The van der Waals surface area contributed by atoms with E-state index in [1.165, 1.54) is 17.8 Å². The first-order valence-corrected chi connectivity index (χ1v) is 5.92. The summed E-state index contributed by atoms with van der Waals surface area (Å²) in [5.41, 5.74) is 10.5. The Morgan fingerprint density at radius 1 is 1.47 bits per heavy atom. The molecule has 0 saturated carbocycles. The number of hydrogen-bond acceptors (Lipinski definition) is 5. The number of para-hydroxylation sites is 1. The lowest BCUT2D eigenvalue weighted by Gasteiger charge is -2.06. The minimum Gasteiger partial charge on any atom is -0.368 e. The van der Waals surface area contributed by atoms with Crippen LogP contribution in [0.15, 0.2) is 29.2 Å². The molecule has 1 amide bonds. The molecule has 0 fully saturated rings. The van der Waals surface area contributed by atoms with Crippen molar-refractivity contribution < 1.29 is 9.72 Å².